The van der Waals surface area contributed by atoms with Crippen molar-refractivity contribution in [3.63, 3.8) is 0 Å². The molecule has 0 radical (unpaired) electrons. The van der Waals surface area contributed by atoms with Gasteiger partial charge < -0.3 is 14.4 Å². The maximum atomic E-state index is 10.8. The van der Waals surface area contributed by atoms with Crippen molar-refractivity contribution in [2.45, 2.75) is 0 Å². The van der Waals surface area contributed by atoms with Crippen molar-refractivity contribution < 1.29 is 0 Å². The zero-order valence-corrected chi connectivity index (χ0v) is 44.5. The first-order chi connectivity index (χ1) is 40.9. The van der Waals surface area contributed by atoms with E-state index in [2.05, 4.69) is 184 Å². The van der Waals surface area contributed by atoms with Crippen LogP contribution in [0.1, 0.15) is 22.3 Å². The molecular formula is C74H45N9. The first kappa shape index (κ1) is 50.4. The summed E-state index contributed by atoms with van der Waals surface area (Å²) < 4.78 is 2.29. The number of hydrogen-bond donors (Lipinski definition) is 0. The molecule has 0 saturated heterocycles. The van der Waals surface area contributed by atoms with Crippen LogP contribution in [0.25, 0.3) is 83.6 Å². The topological polar surface area (TPSA) is 132 Å². The molecule has 0 atom stereocenters. The standard InChI is InChI=1S/C74H45N9/c75-46-50-15-13-17-55(39-50)70-45-69(79-74(80-70)56-18-14-16-51(40-56)47-76)53-29-27-52(28-30-53)57-41-58(48-77)73(59(42-57)49-78)54-31-33-64(34-32-54)83-71-37-35-65(81(60-19-5-1-6-20-60)61-21-7-2-8-22-61)43-67(71)68-44-66(36-38-72(68)83)82(62-23-9-3-10-24-62)63-25-11-4-12-26-63/h1-45H. The van der Waals surface area contributed by atoms with Crippen molar-refractivity contribution in [1.29, 1.82) is 21.0 Å². The van der Waals surface area contributed by atoms with Crippen LogP contribution in [0.3, 0.4) is 0 Å². The molecule has 13 aromatic rings. The Morgan fingerprint density at radius 1 is 0.301 bits per heavy atom. The first-order valence-corrected chi connectivity index (χ1v) is 26.9. The minimum absolute atomic E-state index is 0.375. The molecule has 2 heterocycles. The van der Waals surface area contributed by atoms with Gasteiger partial charge in [-0.3, -0.25) is 0 Å². The summed E-state index contributed by atoms with van der Waals surface area (Å²) in [6.45, 7) is 0. The number of benzene rings is 11. The molecule has 9 nitrogen and oxygen atoms in total. The Balaban J connectivity index is 0.883. The van der Waals surface area contributed by atoms with Crippen LogP contribution in [-0.2, 0) is 0 Å². The van der Waals surface area contributed by atoms with E-state index in [0.717, 1.165) is 89.4 Å². The highest BCUT2D eigenvalue weighted by atomic mass is 15.1. The zero-order valence-electron chi connectivity index (χ0n) is 44.5. The van der Waals surface area contributed by atoms with Gasteiger partial charge in [-0.25, -0.2) is 9.97 Å². The number of aromatic nitrogens is 3. The van der Waals surface area contributed by atoms with Crippen LogP contribution < -0.4 is 9.80 Å². The fourth-order valence-corrected chi connectivity index (χ4v) is 11.0. The average Bonchev–Trinajstić information content (AvgIpc) is 3.50. The Morgan fingerprint density at radius 3 is 1.18 bits per heavy atom. The third-order valence-electron chi connectivity index (χ3n) is 14.9. The minimum atomic E-state index is 0.375. The van der Waals surface area contributed by atoms with Gasteiger partial charge in [0.05, 0.1) is 69.0 Å². The molecule has 0 aliphatic rings. The van der Waals surface area contributed by atoms with Crippen LogP contribution in [0.2, 0.25) is 0 Å². The quantitative estimate of drug-likeness (QED) is 0.118. The molecule has 0 aliphatic carbocycles. The third kappa shape index (κ3) is 9.73. The van der Waals surface area contributed by atoms with Gasteiger partial charge in [-0.1, -0.05) is 133 Å². The maximum absolute atomic E-state index is 10.8. The van der Waals surface area contributed by atoms with Crippen LogP contribution in [0.15, 0.2) is 273 Å². The van der Waals surface area contributed by atoms with E-state index in [0.29, 0.717) is 50.6 Å². The lowest BCUT2D eigenvalue weighted by molar-refractivity contribution is 1.18. The third-order valence-corrected chi connectivity index (χ3v) is 14.9. The lowest BCUT2D eigenvalue weighted by Gasteiger charge is -2.26. The Labute approximate surface area is 480 Å². The number of fused-ring (bicyclic) bond motifs is 3. The second-order valence-corrected chi connectivity index (χ2v) is 19.9. The van der Waals surface area contributed by atoms with Crippen LogP contribution in [0.4, 0.5) is 34.1 Å². The van der Waals surface area contributed by atoms with Gasteiger partial charge in [0.15, 0.2) is 5.82 Å². The summed E-state index contributed by atoms with van der Waals surface area (Å²) in [6.07, 6.45) is 0. The molecule has 0 aliphatic heterocycles. The molecule has 2 aromatic heterocycles. The van der Waals surface area contributed by atoms with Crippen molar-refractivity contribution in [3.05, 3.63) is 295 Å². The van der Waals surface area contributed by atoms with Crippen molar-refractivity contribution in [3.8, 4) is 86.1 Å². The van der Waals surface area contributed by atoms with Crippen LogP contribution in [-0.4, -0.2) is 14.5 Å². The molecular weight excluding hydrogens is 1010 g/mol. The SMILES string of the molecule is N#Cc1cccc(-c2cc(-c3ccc(-c4cc(C#N)c(-c5ccc(-n6c7ccc(N(c8ccccc8)c8ccccc8)cc7c7cc(N(c8ccccc8)c8ccccc8)ccc76)cc5)c(C#N)c4)cc3)nc(-c3cccc(C#N)c3)n2)c1. The Morgan fingerprint density at radius 2 is 0.723 bits per heavy atom. The molecule has 0 amide bonds. The summed E-state index contributed by atoms with van der Waals surface area (Å²) in [7, 11) is 0. The van der Waals surface area contributed by atoms with Gasteiger partial charge in [0.1, 0.15) is 0 Å². The van der Waals surface area contributed by atoms with Crippen molar-refractivity contribution in [1.82, 2.24) is 14.5 Å². The lowest BCUT2D eigenvalue weighted by Crippen LogP contribution is -2.09. The highest BCUT2D eigenvalue weighted by molar-refractivity contribution is 6.12. The van der Waals surface area contributed by atoms with Crippen LogP contribution in [0.5, 0.6) is 0 Å². The molecule has 386 valence electrons. The summed E-state index contributed by atoms with van der Waals surface area (Å²) in [5.74, 6) is 0.435. The second-order valence-electron chi connectivity index (χ2n) is 19.9. The highest BCUT2D eigenvalue weighted by Crippen LogP contribution is 2.44. The molecule has 0 saturated carbocycles. The van der Waals surface area contributed by atoms with E-state index in [4.69, 9.17) is 9.97 Å². The van der Waals surface area contributed by atoms with Gasteiger partial charge in [0, 0.05) is 72.8 Å². The highest BCUT2D eigenvalue weighted by Gasteiger charge is 2.22. The number of anilines is 6. The van der Waals surface area contributed by atoms with Crippen molar-refractivity contribution >= 4 is 55.9 Å². The van der Waals surface area contributed by atoms with E-state index in [1.807, 2.05) is 97.1 Å². The van der Waals surface area contributed by atoms with E-state index in [1.54, 1.807) is 30.3 Å². The van der Waals surface area contributed by atoms with E-state index in [1.165, 1.54) is 0 Å². The number of rotatable bonds is 12. The van der Waals surface area contributed by atoms with Gasteiger partial charge >= 0.3 is 0 Å². The molecule has 0 bridgehead atoms. The fourth-order valence-electron chi connectivity index (χ4n) is 11.0. The largest absolute Gasteiger partial charge is 0.310 e. The van der Waals surface area contributed by atoms with Crippen LogP contribution in [0, 0.1) is 45.3 Å². The number of para-hydroxylation sites is 4. The van der Waals surface area contributed by atoms with Gasteiger partial charge in [-0.15, -0.1) is 0 Å². The molecule has 9 heteroatoms. The molecule has 13 rings (SSSR count). The summed E-state index contributed by atoms with van der Waals surface area (Å²) in [5, 5.41) is 43.1. The molecule has 0 N–H and O–H groups in total. The smallest absolute Gasteiger partial charge is 0.160 e. The van der Waals surface area contributed by atoms with Gasteiger partial charge in [-0.05, 0) is 156 Å². The van der Waals surface area contributed by atoms with E-state index >= 15 is 0 Å². The van der Waals surface area contributed by atoms with E-state index < -0.39 is 0 Å². The van der Waals surface area contributed by atoms with E-state index in [9.17, 15) is 21.0 Å². The summed E-state index contributed by atoms with van der Waals surface area (Å²) >= 11 is 0. The predicted molar refractivity (Wildman–Crippen MR) is 332 cm³/mol. The van der Waals surface area contributed by atoms with Gasteiger partial charge in [0.2, 0.25) is 0 Å². The minimum Gasteiger partial charge on any atom is -0.310 e. The van der Waals surface area contributed by atoms with Gasteiger partial charge in [-0.2, -0.15) is 21.0 Å². The molecule has 0 fully saturated rings. The summed E-state index contributed by atoms with van der Waals surface area (Å²) in [6, 6.07) is 100. The zero-order chi connectivity index (χ0) is 56.2. The number of hydrogen-bond acceptors (Lipinski definition) is 8. The van der Waals surface area contributed by atoms with Crippen molar-refractivity contribution in [2.24, 2.45) is 0 Å². The lowest BCUT2D eigenvalue weighted by atomic mass is 9.90. The Kier molecular flexibility index (Phi) is 13.3. The second kappa shape index (κ2) is 21.9. The van der Waals surface area contributed by atoms with Gasteiger partial charge in [0.25, 0.3) is 0 Å². The molecule has 0 spiro atoms. The maximum Gasteiger partial charge on any atom is 0.160 e. The first-order valence-electron chi connectivity index (χ1n) is 26.9. The molecule has 11 aromatic carbocycles. The summed E-state index contributed by atoms with van der Waals surface area (Å²) in [4.78, 5) is 14.4. The Bertz CT molecular complexity index is 4430. The number of nitrogens with zero attached hydrogens (tertiary/aromatic N) is 9. The normalized spacial score (nSPS) is 10.8. The molecule has 83 heavy (non-hydrogen) atoms. The summed E-state index contributed by atoms with van der Waals surface area (Å²) in [5.41, 5.74) is 17.2. The predicted octanol–water partition coefficient (Wildman–Crippen LogP) is 18.3. The monoisotopic (exact) mass is 1060 g/mol. The van der Waals surface area contributed by atoms with Crippen LogP contribution >= 0.6 is 0 Å². The van der Waals surface area contributed by atoms with Crippen molar-refractivity contribution in [2.75, 3.05) is 9.80 Å². The molecule has 0 unspecified atom stereocenters. The fraction of sp³-hybridized carbons (Fsp3) is 0. The number of nitriles is 4. The van der Waals surface area contributed by atoms with E-state index in [-0.39, 0.29) is 0 Å². The average molecular weight is 1060 g/mol. The Hall–Kier alpha value is -12.1.